The van der Waals surface area contributed by atoms with Crippen LogP contribution in [0.25, 0.3) is 0 Å². The first-order valence-electron chi connectivity index (χ1n) is 16.5. The molecule has 252 valence electrons. The molecule has 3 saturated heterocycles. The van der Waals surface area contributed by atoms with Crippen LogP contribution in [0.5, 0.6) is 5.75 Å². The topological polar surface area (TPSA) is 90.4 Å². The number of aliphatic hydroxyl groups is 1. The number of hydrogen-bond acceptors (Lipinski definition) is 6. The van der Waals surface area contributed by atoms with Crippen LogP contribution in [0.2, 0.25) is 5.02 Å². The van der Waals surface area contributed by atoms with Gasteiger partial charge in [0.15, 0.2) is 0 Å². The van der Waals surface area contributed by atoms with Gasteiger partial charge in [-0.2, -0.15) is 0 Å². The molecule has 1 N–H and O–H groups in total. The number of thioether (sulfide) groups is 1. The van der Waals surface area contributed by atoms with Crippen molar-refractivity contribution < 1.29 is 24.2 Å². The van der Waals surface area contributed by atoms with Gasteiger partial charge in [0.05, 0.1) is 46.5 Å². The summed E-state index contributed by atoms with van der Waals surface area (Å²) in [5, 5.41) is 11.0. The quantitative estimate of drug-likeness (QED) is 0.239. The van der Waals surface area contributed by atoms with E-state index in [1.165, 1.54) is 0 Å². The molecule has 0 radical (unpaired) electrons. The van der Waals surface area contributed by atoms with Gasteiger partial charge in [-0.25, -0.2) is 0 Å². The summed E-state index contributed by atoms with van der Waals surface area (Å²) in [7, 11) is 0. The van der Waals surface area contributed by atoms with Gasteiger partial charge in [-0.05, 0) is 68.0 Å². The van der Waals surface area contributed by atoms with Gasteiger partial charge in [0.25, 0.3) is 5.91 Å². The molecule has 7 atom stereocenters. The van der Waals surface area contributed by atoms with E-state index in [2.05, 4.69) is 20.1 Å². The molecule has 2 aromatic rings. The van der Waals surface area contributed by atoms with Crippen LogP contribution in [-0.4, -0.2) is 76.1 Å². The molecule has 5 rings (SSSR count). The maximum Gasteiger partial charge on any atom is 0.251 e. The van der Waals surface area contributed by atoms with Gasteiger partial charge < -0.3 is 24.5 Å². The number of likely N-dealkylation sites (tertiary alicyclic amines) is 1. The number of rotatable bonds is 14. The third-order valence-corrected chi connectivity index (χ3v) is 12.2. The standard InChI is InChI=1S/C37H46ClN3O5S/c1-7-18-39(25-14-16-27(17-15-25)46-9-3)34(43)31-30-21-24(6)37(47-30)32(31)35(44)41(26(22-42)20-23(4)5)33(37)36(45)40(19-8-2)29-13-11-10-12-28(29)38/h7-8,10-17,23-24,26,30-33,42H,1-2,9,18-22H2,3-6H3/t24?,26-,30+,31-,32+,33?,37?/m1/s1. The molecule has 8 nitrogen and oxygen atoms in total. The van der Waals surface area contributed by atoms with E-state index < -0.39 is 28.7 Å². The molecular weight excluding hydrogens is 634 g/mol. The summed E-state index contributed by atoms with van der Waals surface area (Å²) < 4.78 is 4.75. The van der Waals surface area contributed by atoms with Crippen LogP contribution >= 0.6 is 23.4 Å². The van der Waals surface area contributed by atoms with Crippen LogP contribution < -0.4 is 14.5 Å². The van der Waals surface area contributed by atoms with Crippen molar-refractivity contribution >= 4 is 52.5 Å². The molecule has 47 heavy (non-hydrogen) atoms. The SMILES string of the molecule is C=CCN(C(=O)[C@@H]1[C@@H]2CC(C)C3(S2)C(C(=O)N(CC=C)c2ccccc2Cl)N([C@@H](CO)CC(C)C)C(=O)[C@H]13)c1ccc(OCC)cc1. The van der Waals surface area contributed by atoms with Crippen molar-refractivity contribution in [1.82, 2.24) is 4.90 Å². The lowest BCUT2D eigenvalue weighted by Crippen LogP contribution is -2.59. The molecule has 10 heteroatoms. The Balaban J connectivity index is 1.62. The van der Waals surface area contributed by atoms with E-state index in [9.17, 15) is 14.7 Å². The monoisotopic (exact) mass is 679 g/mol. The largest absolute Gasteiger partial charge is 0.494 e. The van der Waals surface area contributed by atoms with Gasteiger partial charge >= 0.3 is 0 Å². The van der Waals surface area contributed by atoms with E-state index in [1.807, 2.05) is 51.1 Å². The molecular formula is C37H46ClN3O5S. The highest BCUT2D eigenvalue weighted by molar-refractivity contribution is 8.02. The molecule has 2 aromatic carbocycles. The summed E-state index contributed by atoms with van der Waals surface area (Å²) in [6.45, 7) is 16.6. The summed E-state index contributed by atoms with van der Waals surface area (Å²) >= 11 is 8.26. The first-order valence-corrected chi connectivity index (χ1v) is 17.7. The zero-order chi connectivity index (χ0) is 34.0. The molecule has 3 heterocycles. The van der Waals surface area contributed by atoms with E-state index in [0.717, 1.165) is 0 Å². The Hall–Kier alpha value is -3.27. The Labute approximate surface area is 287 Å². The van der Waals surface area contributed by atoms with Crippen molar-refractivity contribution in [2.24, 2.45) is 23.7 Å². The number of hydrogen-bond donors (Lipinski definition) is 1. The number of fused-ring (bicyclic) bond motifs is 1. The second-order valence-electron chi connectivity index (χ2n) is 13.1. The highest BCUT2D eigenvalue weighted by Crippen LogP contribution is 2.69. The van der Waals surface area contributed by atoms with Crippen molar-refractivity contribution in [2.75, 3.05) is 36.1 Å². The molecule has 0 aromatic heterocycles. The normalized spacial score (nSPS) is 26.7. The Bertz CT molecular complexity index is 1500. The van der Waals surface area contributed by atoms with Gasteiger partial charge in [-0.1, -0.05) is 56.7 Å². The van der Waals surface area contributed by atoms with Crippen molar-refractivity contribution in [3.63, 3.8) is 0 Å². The molecule has 0 saturated carbocycles. The number of anilines is 2. The lowest BCUT2D eigenvalue weighted by molar-refractivity contribution is -0.142. The van der Waals surface area contributed by atoms with Crippen molar-refractivity contribution in [3.8, 4) is 5.75 Å². The highest BCUT2D eigenvalue weighted by Gasteiger charge is 2.77. The molecule has 0 aliphatic carbocycles. The van der Waals surface area contributed by atoms with Crippen molar-refractivity contribution in [3.05, 3.63) is 78.9 Å². The van der Waals surface area contributed by atoms with E-state index in [0.29, 0.717) is 41.6 Å². The number of nitrogens with zero attached hydrogens (tertiary/aromatic N) is 3. The Morgan fingerprint density at radius 1 is 1.11 bits per heavy atom. The van der Waals surface area contributed by atoms with Gasteiger partial charge in [-0.3, -0.25) is 14.4 Å². The number of aliphatic hydroxyl groups excluding tert-OH is 1. The van der Waals surface area contributed by atoms with Gasteiger partial charge in [0.2, 0.25) is 11.8 Å². The van der Waals surface area contributed by atoms with Crippen LogP contribution in [-0.2, 0) is 14.4 Å². The van der Waals surface area contributed by atoms with Crippen LogP contribution in [0.3, 0.4) is 0 Å². The Morgan fingerprint density at radius 3 is 2.36 bits per heavy atom. The highest BCUT2D eigenvalue weighted by atomic mass is 35.5. The maximum atomic E-state index is 15.1. The zero-order valence-corrected chi connectivity index (χ0v) is 29.3. The second kappa shape index (κ2) is 14.5. The number of carbonyl (C=O) groups is 3. The van der Waals surface area contributed by atoms with E-state index in [1.54, 1.807) is 56.8 Å². The first kappa shape index (κ1) is 35.0. The third kappa shape index (κ3) is 6.11. The van der Waals surface area contributed by atoms with E-state index >= 15 is 4.79 Å². The number of carbonyl (C=O) groups excluding carboxylic acids is 3. The summed E-state index contributed by atoms with van der Waals surface area (Å²) in [6.07, 6.45) is 4.53. The fraction of sp³-hybridized carbons (Fsp3) is 0.486. The summed E-state index contributed by atoms with van der Waals surface area (Å²) in [5.41, 5.74) is 1.22. The molecule has 3 fully saturated rings. The zero-order valence-electron chi connectivity index (χ0n) is 27.7. The smallest absolute Gasteiger partial charge is 0.251 e. The number of amides is 3. The summed E-state index contributed by atoms with van der Waals surface area (Å²) in [5.74, 6) is -1.25. The molecule has 3 aliphatic rings. The molecule has 3 aliphatic heterocycles. The van der Waals surface area contributed by atoms with Crippen LogP contribution in [0.15, 0.2) is 73.8 Å². The Morgan fingerprint density at radius 2 is 1.77 bits per heavy atom. The predicted molar refractivity (Wildman–Crippen MR) is 190 cm³/mol. The maximum absolute atomic E-state index is 15.1. The van der Waals surface area contributed by atoms with Crippen molar-refractivity contribution in [1.29, 1.82) is 0 Å². The number of para-hydroxylation sites is 1. The minimum Gasteiger partial charge on any atom is -0.494 e. The van der Waals surface area contributed by atoms with Gasteiger partial charge in [0, 0.05) is 24.0 Å². The minimum atomic E-state index is -0.909. The van der Waals surface area contributed by atoms with Crippen LogP contribution in [0, 0.1) is 23.7 Å². The summed E-state index contributed by atoms with van der Waals surface area (Å²) in [6, 6.07) is 13.0. The molecule has 1 spiro atoms. The second-order valence-corrected chi connectivity index (χ2v) is 15.1. The fourth-order valence-electron chi connectivity index (χ4n) is 8.01. The van der Waals surface area contributed by atoms with Crippen molar-refractivity contribution in [2.45, 2.75) is 62.6 Å². The lowest BCUT2D eigenvalue weighted by Gasteiger charge is -2.42. The minimum absolute atomic E-state index is 0.0389. The number of benzene rings is 2. The van der Waals surface area contributed by atoms with Gasteiger partial charge in [-0.15, -0.1) is 24.9 Å². The molecule has 3 unspecified atom stereocenters. The first-order chi connectivity index (χ1) is 22.5. The predicted octanol–water partition coefficient (Wildman–Crippen LogP) is 6.22. The average molecular weight is 680 g/mol. The van der Waals surface area contributed by atoms with E-state index in [-0.39, 0.29) is 54.5 Å². The lowest BCUT2D eigenvalue weighted by atomic mass is 9.65. The number of halogens is 1. The van der Waals surface area contributed by atoms with E-state index in [4.69, 9.17) is 16.3 Å². The summed E-state index contributed by atoms with van der Waals surface area (Å²) in [4.78, 5) is 49.6. The molecule has 3 amide bonds. The fourth-order valence-corrected chi connectivity index (χ4v) is 10.6. The van der Waals surface area contributed by atoms with Gasteiger partial charge in [0.1, 0.15) is 11.8 Å². The Kier molecular flexibility index (Phi) is 10.8. The third-order valence-electron chi connectivity index (χ3n) is 9.81. The van der Waals surface area contributed by atoms with Crippen LogP contribution in [0.1, 0.15) is 40.5 Å². The number of ether oxygens (including phenoxy) is 1. The molecule has 2 bridgehead atoms. The van der Waals surface area contributed by atoms with Crippen LogP contribution in [0.4, 0.5) is 11.4 Å². The average Bonchev–Trinajstić information content (AvgIpc) is 3.65.